The van der Waals surface area contributed by atoms with Crippen LogP contribution in [0.3, 0.4) is 0 Å². The average Bonchev–Trinajstić information content (AvgIpc) is 2.36. The fraction of sp³-hybridized carbons (Fsp3) is 0.467. The smallest absolute Gasteiger partial charge is 0.251 e. The monoisotopic (exact) mass is 278 g/mol. The third-order valence-electron chi connectivity index (χ3n) is 2.40. The minimum absolute atomic E-state index is 0.0165. The Morgan fingerprint density at radius 3 is 2.20 bits per heavy atom. The molecule has 0 aliphatic carbocycles. The maximum Gasteiger partial charge on any atom is 0.251 e. The molecule has 0 heterocycles. The Labute approximate surface area is 119 Å². The summed E-state index contributed by atoms with van der Waals surface area (Å²) in [5.74, 6) is -0.334. The molecule has 20 heavy (non-hydrogen) atoms. The number of hydrogen-bond donors (Lipinski definition) is 2. The maximum atomic E-state index is 11.7. The van der Waals surface area contributed by atoms with Gasteiger partial charge in [-0.2, -0.15) is 0 Å². The molecule has 5 heteroatoms. The second-order valence-electron chi connectivity index (χ2n) is 5.11. The van der Waals surface area contributed by atoms with Crippen molar-refractivity contribution in [1.29, 1.82) is 0 Å². The number of hydrogen-bond acceptors (Lipinski definition) is 3. The van der Waals surface area contributed by atoms with Crippen molar-refractivity contribution < 1.29 is 14.3 Å². The number of carbonyl (C=O) groups excluding carboxylic acids is 2. The molecule has 1 aromatic rings. The van der Waals surface area contributed by atoms with E-state index < -0.39 is 0 Å². The third kappa shape index (κ3) is 5.84. The molecule has 0 aromatic heterocycles. The van der Waals surface area contributed by atoms with Gasteiger partial charge in [-0.05, 0) is 52.0 Å². The summed E-state index contributed by atoms with van der Waals surface area (Å²) in [7, 11) is 0. The van der Waals surface area contributed by atoms with Gasteiger partial charge in [0.05, 0.1) is 6.10 Å². The van der Waals surface area contributed by atoms with E-state index >= 15 is 0 Å². The van der Waals surface area contributed by atoms with Gasteiger partial charge in [0.2, 0.25) is 5.91 Å². The molecule has 2 amide bonds. The Balaban J connectivity index is 2.54. The second kappa shape index (κ2) is 7.65. The second-order valence-corrected chi connectivity index (χ2v) is 5.11. The van der Waals surface area contributed by atoms with E-state index in [9.17, 15) is 9.59 Å². The molecule has 0 fully saturated rings. The highest BCUT2D eigenvalue weighted by molar-refractivity contribution is 5.96. The average molecular weight is 278 g/mol. The quantitative estimate of drug-likeness (QED) is 0.838. The van der Waals surface area contributed by atoms with Crippen molar-refractivity contribution >= 4 is 17.5 Å². The summed E-state index contributed by atoms with van der Waals surface area (Å²) in [6.45, 7) is 7.57. The molecule has 2 N–H and O–H groups in total. The van der Waals surface area contributed by atoms with Crippen LogP contribution in [0.4, 0.5) is 5.69 Å². The van der Waals surface area contributed by atoms with Gasteiger partial charge < -0.3 is 15.4 Å². The standard InChI is InChI=1S/C15H22N2O3/c1-10(2)16-15(19)12-5-7-13(8-6-12)17-14(18)9-20-11(3)4/h5-8,10-11H,9H2,1-4H3,(H,16,19)(H,17,18). The topological polar surface area (TPSA) is 67.4 Å². The van der Waals surface area contributed by atoms with Crippen LogP contribution in [-0.2, 0) is 9.53 Å². The maximum absolute atomic E-state index is 11.7. The van der Waals surface area contributed by atoms with Crippen molar-refractivity contribution in [3.63, 3.8) is 0 Å². The van der Waals surface area contributed by atoms with Crippen LogP contribution in [0.2, 0.25) is 0 Å². The van der Waals surface area contributed by atoms with Crippen LogP contribution < -0.4 is 10.6 Å². The van der Waals surface area contributed by atoms with Gasteiger partial charge in [0, 0.05) is 17.3 Å². The van der Waals surface area contributed by atoms with Gasteiger partial charge in [0.1, 0.15) is 6.61 Å². The number of rotatable bonds is 6. The summed E-state index contributed by atoms with van der Waals surface area (Å²) >= 11 is 0. The largest absolute Gasteiger partial charge is 0.369 e. The van der Waals surface area contributed by atoms with E-state index in [-0.39, 0.29) is 30.6 Å². The Morgan fingerprint density at radius 2 is 1.70 bits per heavy atom. The number of ether oxygens (including phenoxy) is 1. The molecule has 0 atom stereocenters. The highest BCUT2D eigenvalue weighted by Gasteiger charge is 2.08. The van der Waals surface area contributed by atoms with Crippen LogP contribution in [0.25, 0.3) is 0 Å². The van der Waals surface area contributed by atoms with Crippen molar-refractivity contribution in [2.45, 2.75) is 39.8 Å². The minimum atomic E-state index is -0.210. The van der Waals surface area contributed by atoms with Gasteiger partial charge >= 0.3 is 0 Å². The fourth-order valence-corrected chi connectivity index (χ4v) is 1.49. The number of carbonyl (C=O) groups is 2. The molecule has 0 bridgehead atoms. The van der Waals surface area contributed by atoms with Crippen LogP contribution in [0, 0.1) is 0 Å². The predicted octanol–water partition coefficient (Wildman–Crippen LogP) is 2.19. The number of benzene rings is 1. The van der Waals surface area contributed by atoms with Crippen molar-refractivity contribution in [3.05, 3.63) is 29.8 Å². The molecule has 0 aliphatic heterocycles. The number of nitrogens with one attached hydrogen (secondary N) is 2. The lowest BCUT2D eigenvalue weighted by Gasteiger charge is -2.10. The summed E-state index contributed by atoms with van der Waals surface area (Å²) in [4.78, 5) is 23.3. The molecular weight excluding hydrogens is 256 g/mol. The van der Waals surface area contributed by atoms with Crippen LogP contribution >= 0.6 is 0 Å². The molecule has 0 spiro atoms. The van der Waals surface area contributed by atoms with Gasteiger partial charge in [-0.15, -0.1) is 0 Å². The normalized spacial score (nSPS) is 10.7. The molecular formula is C15H22N2O3. The van der Waals surface area contributed by atoms with E-state index in [0.29, 0.717) is 11.3 Å². The summed E-state index contributed by atoms with van der Waals surface area (Å²) in [6.07, 6.45) is 0.0165. The van der Waals surface area contributed by atoms with E-state index in [1.807, 2.05) is 27.7 Å². The van der Waals surface area contributed by atoms with Crippen molar-refractivity contribution in [1.82, 2.24) is 5.32 Å². The first-order valence-corrected chi connectivity index (χ1v) is 6.71. The Morgan fingerprint density at radius 1 is 1.10 bits per heavy atom. The highest BCUT2D eigenvalue weighted by Crippen LogP contribution is 2.09. The molecule has 0 radical (unpaired) electrons. The summed E-state index contributed by atoms with van der Waals surface area (Å²) in [5, 5.41) is 5.51. The molecule has 1 aromatic carbocycles. The van der Waals surface area contributed by atoms with E-state index in [0.717, 1.165) is 0 Å². The van der Waals surface area contributed by atoms with Crippen molar-refractivity contribution in [3.8, 4) is 0 Å². The lowest BCUT2D eigenvalue weighted by atomic mass is 10.2. The van der Waals surface area contributed by atoms with Gasteiger partial charge in [-0.1, -0.05) is 0 Å². The Bertz CT molecular complexity index is 453. The SMILES string of the molecule is CC(C)NC(=O)c1ccc(NC(=O)COC(C)C)cc1. The summed E-state index contributed by atoms with van der Waals surface area (Å²) < 4.78 is 5.21. The number of anilines is 1. The van der Waals surface area contributed by atoms with E-state index in [1.54, 1.807) is 24.3 Å². The van der Waals surface area contributed by atoms with Gasteiger partial charge in [-0.25, -0.2) is 0 Å². The van der Waals surface area contributed by atoms with Crippen molar-refractivity contribution in [2.75, 3.05) is 11.9 Å². The van der Waals surface area contributed by atoms with Gasteiger partial charge in [0.15, 0.2) is 0 Å². The molecule has 0 saturated carbocycles. The van der Waals surface area contributed by atoms with Gasteiger partial charge in [-0.3, -0.25) is 9.59 Å². The molecule has 0 aliphatic rings. The third-order valence-corrected chi connectivity index (χ3v) is 2.40. The predicted molar refractivity (Wildman–Crippen MR) is 78.8 cm³/mol. The molecule has 0 saturated heterocycles. The zero-order chi connectivity index (χ0) is 15.1. The van der Waals surface area contributed by atoms with Crippen LogP contribution in [0.1, 0.15) is 38.1 Å². The van der Waals surface area contributed by atoms with Crippen LogP contribution in [-0.4, -0.2) is 30.6 Å². The first-order valence-electron chi connectivity index (χ1n) is 6.71. The Hall–Kier alpha value is -1.88. The van der Waals surface area contributed by atoms with Crippen molar-refractivity contribution in [2.24, 2.45) is 0 Å². The Kier molecular flexibility index (Phi) is 6.18. The van der Waals surface area contributed by atoms with Gasteiger partial charge in [0.25, 0.3) is 5.91 Å². The minimum Gasteiger partial charge on any atom is -0.369 e. The first kappa shape index (κ1) is 16.2. The fourth-order valence-electron chi connectivity index (χ4n) is 1.49. The highest BCUT2D eigenvalue weighted by atomic mass is 16.5. The zero-order valence-corrected chi connectivity index (χ0v) is 12.4. The summed E-state index contributed by atoms with van der Waals surface area (Å²) in [5.41, 5.74) is 1.21. The molecule has 110 valence electrons. The zero-order valence-electron chi connectivity index (χ0n) is 12.4. The van der Waals surface area contributed by atoms with Crippen LogP contribution in [0.5, 0.6) is 0 Å². The molecule has 1 rings (SSSR count). The molecule has 0 unspecified atom stereocenters. The van der Waals surface area contributed by atoms with Crippen LogP contribution in [0.15, 0.2) is 24.3 Å². The lowest BCUT2D eigenvalue weighted by Crippen LogP contribution is -2.30. The number of amides is 2. The van der Waals surface area contributed by atoms with E-state index in [4.69, 9.17) is 4.74 Å². The van der Waals surface area contributed by atoms with E-state index in [1.165, 1.54) is 0 Å². The molecule has 5 nitrogen and oxygen atoms in total. The van der Waals surface area contributed by atoms with E-state index in [2.05, 4.69) is 10.6 Å². The lowest BCUT2D eigenvalue weighted by molar-refractivity contribution is -0.121. The summed E-state index contributed by atoms with van der Waals surface area (Å²) in [6, 6.07) is 6.84. The first-order chi connectivity index (χ1) is 9.38.